The van der Waals surface area contributed by atoms with E-state index in [2.05, 4.69) is 93.7 Å². The summed E-state index contributed by atoms with van der Waals surface area (Å²) in [6, 6.07) is 0. The number of carbonyl (C=O) groups is 3. The molecule has 0 saturated heterocycles. The van der Waals surface area contributed by atoms with Crippen LogP contribution in [-0.4, -0.2) is 37.2 Å². The van der Waals surface area contributed by atoms with E-state index in [-0.39, 0.29) is 37.5 Å². The molecule has 0 aliphatic heterocycles. The summed E-state index contributed by atoms with van der Waals surface area (Å²) in [5.74, 6) is -0.912. The summed E-state index contributed by atoms with van der Waals surface area (Å²) in [5, 5.41) is 0. The number of allylic oxidation sites excluding steroid dienone is 12. The van der Waals surface area contributed by atoms with Crippen LogP contribution in [0.25, 0.3) is 0 Å². The van der Waals surface area contributed by atoms with Gasteiger partial charge in [-0.2, -0.15) is 0 Å². The van der Waals surface area contributed by atoms with Crippen molar-refractivity contribution in [2.45, 2.75) is 367 Å². The van der Waals surface area contributed by atoms with E-state index in [1.807, 2.05) is 0 Å². The summed E-state index contributed by atoms with van der Waals surface area (Å²) >= 11 is 0. The maximum atomic E-state index is 12.9. The summed E-state index contributed by atoms with van der Waals surface area (Å²) in [6.07, 6.45) is 89.4. The molecule has 6 nitrogen and oxygen atoms in total. The molecule has 0 aliphatic rings. The Kier molecular flexibility index (Phi) is 65.7. The lowest BCUT2D eigenvalue weighted by Crippen LogP contribution is -2.30. The highest BCUT2D eigenvalue weighted by Gasteiger charge is 2.19. The molecule has 0 rings (SSSR count). The molecule has 1 atom stereocenters. The van der Waals surface area contributed by atoms with E-state index in [0.717, 1.165) is 89.9 Å². The van der Waals surface area contributed by atoms with Crippen molar-refractivity contribution >= 4 is 17.9 Å². The minimum Gasteiger partial charge on any atom is -0.462 e. The Hall–Kier alpha value is -3.15. The van der Waals surface area contributed by atoms with E-state index in [9.17, 15) is 14.4 Å². The molecule has 80 heavy (non-hydrogen) atoms. The average Bonchev–Trinajstić information content (AvgIpc) is 3.46. The van der Waals surface area contributed by atoms with Gasteiger partial charge in [-0.25, -0.2) is 0 Å². The van der Waals surface area contributed by atoms with E-state index in [4.69, 9.17) is 14.2 Å². The number of esters is 3. The first-order valence-corrected chi connectivity index (χ1v) is 34.9. The summed E-state index contributed by atoms with van der Waals surface area (Å²) in [5.41, 5.74) is 0. The second-order valence-corrected chi connectivity index (χ2v) is 23.4. The fraction of sp³-hybridized carbons (Fsp3) is 0.797. The normalized spacial score (nSPS) is 12.5. The predicted molar refractivity (Wildman–Crippen MR) is 348 cm³/mol. The molecule has 0 aromatic heterocycles. The summed E-state index contributed by atoms with van der Waals surface area (Å²) in [6.45, 7) is 6.55. The van der Waals surface area contributed by atoms with Crippen molar-refractivity contribution in [2.24, 2.45) is 0 Å². The van der Waals surface area contributed by atoms with Crippen LogP contribution in [0.4, 0.5) is 0 Å². The fourth-order valence-electron chi connectivity index (χ4n) is 10.3. The largest absolute Gasteiger partial charge is 0.462 e. The van der Waals surface area contributed by atoms with Gasteiger partial charge in [0.2, 0.25) is 0 Å². The van der Waals surface area contributed by atoms with Crippen molar-refractivity contribution < 1.29 is 28.6 Å². The fourth-order valence-corrected chi connectivity index (χ4v) is 10.3. The van der Waals surface area contributed by atoms with Crippen LogP contribution in [0.15, 0.2) is 72.9 Å². The Bertz CT molecular complexity index is 1470. The van der Waals surface area contributed by atoms with Crippen LogP contribution in [0.2, 0.25) is 0 Å². The van der Waals surface area contributed by atoms with Gasteiger partial charge in [-0.3, -0.25) is 14.4 Å². The quantitative estimate of drug-likeness (QED) is 0.0261. The first-order chi connectivity index (χ1) is 39.5. The number of hydrogen-bond donors (Lipinski definition) is 0. The van der Waals surface area contributed by atoms with Gasteiger partial charge in [0.1, 0.15) is 13.2 Å². The summed E-state index contributed by atoms with van der Waals surface area (Å²) in [4.78, 5) is 38.4. The second kappa shape index (κ2) is 68.3. The molecule has 0 bridgehead atoms. The molecule has 0 radical (unpaired) electrons. The number of ether oxygens (including phenoxy) is 3. The third kappa shape index (κ3) is 65.7. The first kappa shape index (κ1) is 76.9. The van der Waals surface area contributed by atoms with Crippen molar-refractivity contribution in [3.8, 4) is 0 Å². The minimum atomic E-state index is -0.797. The molecule has 0 amide bonds. The van der Waals surface area contributed by atoms with Crippen molar-refractivity contribution in [2.75, 3.05) is 13.2 Å². The van der Waals surface area contributed by atoms with Crippen LogP contribution >= 0.6 is 0 Å². The van der Waals surface area contributed by atoms with Gasteiger partial charge in [0.15, 0.2) is 6.10 Å². The molecular formula is C74H132O6. The van der Waals surface area contributed by atoms with E-state index >= 15 is 0 Å². The lowest BCUT2D eigenvalue weighted by molar-refractivity contribution is -0.167. The van der Waals surface area contributed by atoms with Gasteiger partial charge in [-0.1, -0.05) is 344 Å². The van der Waals surface area contributed by atoms with E-state index in [1.54, 1.807) is 0 Å². The number of rotatable bonds is 64. The highest BCUT2D eigenvalue weighted by atomic mass is 16.6. The van der Waals surface area contributed by atoms with Gasteiger partial charge in [0, 0.05) is 19.3 Å². The third-order valence-electron chi connectivity index (χ3n) is 15.5. The Labute approximate surface area is 497 Å². The zero-order valence-electron chi connectivity index (χ0n) is 53.3. The van der Waals surface area contributed by atoms with E-state index < -0.39 is 6.10 Å². The van der Waals surface area contributed by atoms with Crippen LogP contribution in [0.3, 0.4) is 0 Å². The second-order valence-electron chi connectivity index (χ2n) is 23.4. The van der Waals surface area contributed by atoms with Crippen molar-refractivity contribution in [1.82, 2.24) is 0 Å². The van der Waals surface area contributed by atoms with Crippen LogP contribution in [0.5, 0.6) is 0 Å². The van der Waals surface area contributed by atoms with Gasteiger partial charge < -0.3 is 14.2 Å². The Morgan fingerprint density at radius 3 is 0.762 bits per heavy atom. The smallest absolute Gasteiger partial charge is 0.306 e. The Balaban J connectivity index is 4.28. The minimum absolute atomic E-state index is 0.0886. The third-order valence-corrected chi connectivity index (χ3v) is 15.5. The molecule has 6 heteroatoms. The lowest BCUT2D eigenvalue weighted by atomic mass is 10.0. The average molecular weight is 1120 g/mol. The molecule has 0 saturated carbocycles. The molecule has 1 unspecified atom stereocenters. The molecular weight excluding hydrogens is 985 g/mol. The maximum absolute atomic E-state index is 12.9. The van der Waals surface area contributed by atoms with Crippen LogP contribution in [-0.2, 0) is 28.6 Å². The van der Waals surface area contributed by atoms with Crippen LogP contribution in [0.1, 0.15) is 361 Å². The molecule has 0 spiro atoms. The summed E-state index contributed by atoms with van der Waals surface area (Å²) < 4.78 is 16.9. The van der Waals surface area contributed by atoms with Crippen LogP contribution in [0, 0.1) is 0 Å². The van der Waals surface area contributed by atoms with Gasteiger partial charge in [0.25, 0.3) is 0 Å². The molecule has 0 N–H and O–H groups in total. The number of hydrogen-bond acceptors (Lipinski definition) is 6. The topological polar surface area (TPSA) is 78.9 Å². The lowest BCUT2D eigenvalue weighted by Gasteiger charge is -2.18. The predicted octanol–water partition coefficient (Wildman–Crippen LogP) is 24.1. The molecule has 464 valence electrons. The zero-order chi connectivity index (χ0) is 57.8. The molecule has 0 aromatic carbocycles. The van der Waals surface area contributed by atoms with Gasteiger partial charge >= 0.3 is 17.9 Å². The molecule has 0 aromatic rings. The Morgan fingerprint density at radius 1 is 0.263 bits per heavy atom. The molecule has 0 aliphatic carbocycles. The monoisotopic (exact) mass is 1120 g/mol. The van der Waals surface area contributed by atoms with Gasteiger partial charge in [-0.05, 0) is 70.6 Å². The first-order valence-electron chi connectivity index (χ1n) is 34.9. The maximum Gasteiger partial charge on any atom is 0.306 e. The molecule has 0 heterocycles. The van der Waals surface area contributed by atoms with Crippen molar-refractivity contribution in [1.29, 1.82) is 0 Å². The van der Waals surface area contributed by atoms with Gasteiger partial charge in [-0.15, -0.1) is 0 Å². The van der Waals surface area contributed by atoms with Crippen molar-refractivity contribution in [3.63, 3.8) is 0 Å². The van der Waals surface area contributed by atoms with E-state index in [0.29, 0.717) is 19.3 Å². The zero-order valence-corrected chi connectivity index (χ0v) is 53.3. The number of unbranched alkanes of at least 4 members (excludes halogenated alkanes) is 41. The standard InChI is InChI=1S/C74H132O6/c1-4-7-10-13-16-19-22-25-27-29-31-33-34-35-36-37-38-39-41-42-44-46-49-52-55-58-61-64-67-73(76)79-70-71(69-78-72(75)66-63-60-57-54-51-48-24-21-18-15-12-9-6-3)80-74(77)68-65-62-59-56-53-50-47-45-43-40-32-30-28-26-23-20-17-14-11-8-5-2/h8,11,17,20,26,28,32,40,45,47,53,56,71H,4-7,9-10,12-16,18-19,21-25,27,29-31,33-39,41-44,46,48-52,54-55,57-70H2,1-3H3/b11-8-,20-17-,28-26-,40-32-,47-45-,56-53-. The SMILES string of the molecule is CC/C=C\C/C=C\C/C=C\C/C=C\C/C=C\C/C=C\CCCCC(=O)OC(COC(=O)CCCCCCCCCCCCCCC)COC(=O)CCCCCCCCCCCCCCCCCCCCCCCCCCCCCC. The van der Waals surface area contributed by atoms with E-state index in [1.165, 1.54) is 225 Å². The van der Waals surface area contributed by atoms with Gasteiger partial charge in [0.05, 0.1) is 0 Å². The Morgan fingerprint density at radius 2 is 0.487 bits per heavy atom. The highest BCUT2D eigenvalue weighted by molar-refractivity contribution is 5.71. The molecule has 0 fully saturated rings. The highest BCUT2D eigenvalue weighted by Crippen LogP contribution is 2.18. The summed E-state index contributed by atoms with van der Waals surface area (Å²) in [7, 11) is 0. The van der Waals surface area contributed by atoms with Crippen LogP contribution < -0.4 is 0 Å². The number of carbonyl (C=O) groups excluding carboxylic acids is 3. The van der Waals surface area contributed by atoms with Crippen molar-refractivity contribution in [3.05, 3.63) is 72.9 Å².